The molecule has 5 heteroatoms. The summed E-state index contributed by atoms with van der Waals surface area (Å²) >= 11 is 1.84. The highest BCUT2D eigenvalue weighted by Gasteiger charge is 2.07. The molecule has 0 radical (unpaired) electrons. The van der Waals surface area contributed by atoms with Crippen LogP contribution in [0.1, 0.15) is 32.6 Å². The van der Waals surface area contributed by atoms with E-state index >= 15 is 0 Å². The Kier molecular flexibility index (Phi) is 4.61. The van der Waals surface area contributed by atoms with Crippen molar-refractivity contribution in [1.82, 2.24) is 15.0 Å². The van der Waals surface area contributed by atoms with Crippen molar-refractivity contribution in [1.29, 1.82) is 0 Å². The van der Waals surface area contributed by atoms with Gasteiger partial charge in [-0.1, -0.05) is 31.4 Å². The second-order valence-electron chi connectivity index (χ2n) is 2.95. The number of nitrogens with zero attached hydrogens (tertiary/aromatic N) is 3. The molecule has 0 unspecified atom stereocenters. The molecule has 0 aliphatic rings. The second-order valence-corrected chi connectivity index (χ2v) is 3.98. The van der Waals surface area contributed by atoms with Gasteiger partial charge in [0.25, 0.3) is 0 Å². The van der Waals surface area contributed by atoms with Gasteiger partial charge in [-0.05, 0) is 29.0 Å². The fourth-order valence-electron chi connectivity index (χ4n) is 1.11. The van der Waals surface area contributed by atoms with Crippen molar-refractivity contribution in [3.63, 3.8) is 0 Å². The number of halogens is 2. The summed E-state index contributed by atoms with van der Waals surface area (Å²) in [4.78, 5) is 0. The van der Waals surface area contributed by atoms with Crippen LogP contribution < -0.4 is 0 Å². The van der Waals surface area contributed by atoms with Gasteiger partial charge in [-0.25, -0.2) is 4.68 Å². The lowest BCUT2D eigenvalue weighted by Crippen LogP contribution is -2.03. The number of aromatic nitrogens is 3. The Hall–Kier alpha value is -0.200. The molecule has 0 aliphatic carbocycles. The van der Waals surface area contributed by atoms with Crippen molar-refractivity contribution in [3.8, 4) is 0 Å². The minimum absolute atomic E-state index is 0.308. The van der Waals surface area contributed by atoms with E-state index in [-0.39, 0.29) is 5.95 Å². The highest BCUT2D eigenvalue weighted by Crippen LogP contribution is 2.07. The van der Waals surface area contributed by atoms with Crippen molar-refractivity contribution in [2.24, 2.45) is 0 Å². The Morgan fingerprint density at radius 3 is 2.69 bits per heavy atom. The standard InChI is InChI=1S/C8H13FIN3/c1-2-3-4-5-6-13-7(9)8(10)11-12-13/h2-6H2,1H3. The van der Waals surface area contributed by atoms with Gasteiger partial charge in [-0.15, -0.1) is 5.10 Å². The zero-order valence-electron chi connectivity index (χ0n) is 7.63. The Labute approximate surface area is 90.8 Å². The third kappa shape index (κ3) is 3.21. The zero-order chi connectivity index (χ0) is 9.68. The normalized spacial score (nSPS) is 10.7. The fraction of sp³-hybridized carbons (Fsp3) is 0.750. The van der Waals surface area contributed by atoms with Crippen LogP contribution >= 0.6 is 22.6 Å². The van der Waals surface area contributed by atoms with Crippen molar-refractivity contribution >= 4 is 22.6 Å². The van der Waals surface area contributed by atoms with Crippen LogP contribution in [0.5, 0.6) is 0 Å². The summed E-state index contributed by atoms with van der Waals surface area (Å²) in [7, 11) is 0. The average Bonchev–Trinajstić information content (AvgIpc) is 2.43. The van der Waals surface area contributed by atoms with Crippen LogP contribution in [-0.2, 0) is 6.54 Å². The molecule has 0 saturated carbocycles. The van der Waals surface area contributed by atoms with Gasteiger partial charge in [0.1, 0.15) is 0 Å². The molecule has 1 aromatic heterocycles. The van der Waals surface area contributed by atoms with Crippen LogP contribution in [0.3, 0.4) is 0 Å². The summed E-state index contributed by atoms with van der Waals surface area (Å²) in [5.41, 5.74) is 0. The Morgan fingerprint density at radius 1 is 1.38 bits per heavy atom. The van der Waals surface area contributed by atoms with Gasteiger partial charge >= 0.3 is 0 Å². The van der Waals surface area contributed by atoms with E-state index in [2.05, 4.69) is 17.2 Å². The van der Waals surface area contributed by atoms with Gasteiger partial charge in [0.2, 0.25) is 5.95 Å². The Bertz CT molecular complexity index is 262. The summed E-state index contributed by atoms with van der Waals surface area (Å²) in [5.74, 6) is -0.308. The summed E-state index contributed by atoms with van der Waals surface area (Å²) in [6.45, 7) is 2.79. The molecule has 74 valence electrons. The third-order valence-corrected chi connectivity index (χ3v) is 2.52. The molecule has 0 aliphatic heterocycles. The minimum atomic E-state index is -0.308. The zero-order valence-corrected chi connectivity index (χ0v) is 9.79. The number of hydrogen-bond acceptors (Lipinski definition) is 2. The first kappa shape index (κ1) is 10.9. The molecule has 1 heterocycles. The molecule has 0 bridgehead atoms. The fourth-order valence-corrected chi connectivity index (χ4v) is 1.49. The lowest BCUT2D eigenvalue weighted by Gasteiger charge is -1.99. The van der Waals surface area contributed by atoms with E-state index in [0.717, 1.165) is 12.8 Å². The first-order chi connectivity index (χ1) is 6.25. The maximum atomic E-state index is 13.1. The third-order valence-electron chi connectivity index (χ3n) is 1.86. The summed E-state index contributed by atoms with van der Waals surface area (Å²) in [6.07, 6.45) is 4.50. The van der Waals surface area contributed by atoms with Crippen molar-refractivity contribution in [3.05, 3.63) is 9.65 Å². The summed E-state index contributed by atoms with van der Waals surface area (Å²) in [5, 5.41) is 7.34. The Morgan fingerprint density at radius 2 is 2.15 bits per heavy atom. The van der Waals surface area contributed by atoms with Crippen LogP contribution in [-0.4, -0.2) is 15.0 Å². The average molecular weight is 297 g/mol. The van der Waals surface area contributed by atoms with Crippen molar-refractivity contribution in [2.45, 2.75) is 39.2 Å². The molecule has 0 N–H and O–H groups in total. The molecular weight excluding hydrogens is 284 g/mol. The van der Waals surface area contributed by atoms with Crippen LogP contribution in [0.2, 0.25) is 0 Å². The number of rotatable bonds is 5. The maximum Gasteiger partial charge on any atom is 0.245 e. The highest BCUT2D eigenvalue weighted by atomic mass is 127. The van der Waals surface area contributed by atoms with Gasteiger partial charge < -0.3 is 0 Å². The van der Waals surface area contributed by atoms with E-state index in [1.165, 1.54) is 17.5 Å². The highest BCUT2D eigenvalue weighted by molar-refractivity contribution is 14.1. The molecular formula is C8H13FIN3. The molecule has 1 rings (SSSR count). The van der Waals surface area contributed by atoms with E-state index in [1.807, 2.05) is 22.6 Å². The summed E-state index contributed by atoms with van der Waals surface area (Å²) < 4.78 is 14.8. The van der Waals surface area contributed by atoms with Gasteiger partial charge in [-0.2, -0.15) is 4.39 Å². The van der Waals surface area contributed by atoms with Crippen LogP contribution in [0, 0.1) is 9.65 Å². The topological polar surface area (TPSA) is 30.7 Å². The van der Waals surface area contributed by atoms with Crippen LogP contribution in [0.4, 0.5) is 4.39 Å². The predicted molar refractivity (Wildman–Crippen MR) is 56.8 cm³/mol. The van der Waals surface area contributed by atoms with E-state index in [4.69, 9.17) is 0 Å². The second kappa shape index (κ2) is 5.51. The quantitative estimate of drug-likeness (QED) is 0.618. The maximum absolute atomic E-state index is 13.1. The molecule has 0 saturated heterocycles. The van der Waals surface area contributed by atoms with E-state index in [0.29, 0.717) is 10.2 Å². The molecule has 0 amide bonds. The SMILES string of the molecule is CCCCCCn1nnc(I)c1F. The van der Waals surface area contributed by atoms with Crippen LogP contribution in [0.25, 0.3) is 0 Å². The predicted octanol–water partition coefficient (Wildman–Crippen LogP) is 2.60. The van der Waals surface area contributed by atoms with Crippen molar-refractivity contribution < 1.29 is 4.39 Å². The van der Waals surface area contributed by atoms with E-state index in [1.54, 1.807) is 0 Å². The van der Waals surface area contributed by atoms with Crippen LogP contribution in [0.15, 0.2) is 0 Å². The largest absolute Gasteiger partial charge is 0.245 e. The lowest BCUT2D eigenvalue weighted by molar-refractivity contribution is 0.430. The monoisotopic (exact) mass is 297 g/mol. The van der Waals surface area contributed by atoms with Gasteiger partial charge in [0.15, 0.2) is 3.70 Å². The van der Waals surface area contributed by atoms with E-state index < -0.39 is 0 Å². The first-order valence-electron chi connectivity index (χ1n) is 4.50. The molecule has 0 spiro atoms. The van der Waals surface area contributed by atoms with Gasteiger partial charge in [0.05, 0.1) is 0 Å². The molecule has 1 aromatic rings. The number of aryl methyl sites for hydroxylation is 1. The van der Waals surface area contributed by atoms with Gasteiger partial charge in [-0.3, -0.25) is 0 Å². The summed E-state index contributed by atoms with van der Waals surface area (Å²) in [6, 6.07) is 0. The molecule has 0 aromatic carbocycles. The molecule has 13 heavy (non-hydrogen) atoms. The van der Waals surface area contributed by atoms with Crippen molar-refractivity contribution in [2.75, 3.05) is 0 Å². The minimum Gasteiger partial charge on any atom is -0.218 e. The van der Waals surface area contributed by atoms with Gasteiger partial charge in [0, 0.05) is 6.54 Å². The number of unbranched alkanes of at least 4 members (excludes halogenated alkanes) is 3. The first-order valence-corrected chi connectivity index (χ1v) is 5.58. The smallest absolute Gasteiger partial charge is 0.218 e. The molecule has 0 atom stereocenters. The van der Waals surface area contributed by atoms with E-state index in [9.17, 15) is 4.39 Å². The molecule has 3 nitrogen and oxygen atoms in total. The molecule has 0 fully saturated rings. The lowest BCUT2D eigenvalue weighted by atomic mass is 10.2. The Balaban J connectivity index is 2.32. The number of hydrogen-bond donors (Lipinski definition) is 0.